The quantitative estimate of drug-likeness (QED) is 0.139. The standard InChI is InChI=1S/C21H5F23/c22-9-7(6-4-2-1-3-5-6)8(10(23)12(25)11(9)24)13(26,27)14(28,29)15(30,31)16(32,33)17(34,35)18(36,37)19(38,39)20(40,41)21(42,43)44/h1-5H. The average molecular weight is 694 g/mol. The van der Waals surface area contributed by atoms with Crippen molar-refractivity contribution in [2.75, 3.05) is 0 Å². The molecule has 0 heterocycles. The van der Waals surface area contributed by atoms with E-state index in [9.17, 15) is 101 Å². The van der Waals surface area contributed by atoms with Crippen molar-refractivity contribution in [3.63, 3.8) is 0 Å². The molecule has 0 aliphatic heterocycles. The molecule has 0 saturated heterocycles. The lowest BCUT2D eigenvalue weighted by molar-refractivity contribution is -0.469. The van der Waals surface area contributed by atoms with E-state index in [1.165, 1.54) is 0 Å². The van der Waals surface area contributed by atoms with Crippen LogP contribution in [-0.4, -0.2) is 47.6 Å². The molecule has 0 amide bonds. The number of hydrogen-bond acceptors (Lipinski definition) is 0. The lowest BCUT2D eigenvalue weighted by Crippen LogP contribution is -2.75. The van der Waals surface area contributed by atoms with Gasteiger partial charge in [-0.15, -0.1) is 0 Å². The van der Waals surface area contributed by atoms with E-state index in [0.717, 1.165) is 6.07 Å². The van der Waals surface area contributed by atoms with Gasteiger partial charge in [0, 0.05) is 5.56 Å². The zero-order valence-corrected chi connectivity index (χ0v) is 19.6. The van der Waals surface area contributed by atoms with E-state index in [1.807, 2.05) is 0 Å². The minimum atomic E-state index is -9.26. The van der Waals surface area contributed by atoms with Crippen LogP contribution < -0.4 is 0 Å². The molecule has 0 aliphatic carbocycles. The molecule has 44 heavy (non-hydrogen) atoms. The predicted molar refractivity (Wildman–Crippen MR) is 96.3 cm³/mol. The summed E-state index contributed by atoms with van der Waals surface area (Å²) in [7, 11) is 0. The third kappa shape index (κ3) is 4.52. The van der Waals surface area contributed by atoms with Gasteiger partial charge < -0.3 is 0 Å². The van der Waals surface area contributed by atoms with Crippen LogP contribution in [0.5, 0.6) is 0 Å². The Hall–Kier alpha value is -3.17. The Morgan fingerprint density at radius 2 is 0.659 bits per heavy atom. The van der Waals surface area contributed by atoms with Crippen molar-refractivity contribution in [1.82, 2.24) is 0 Å². The molecule has 0 aliphatic rings. The maximum atomic E-state index is 14.8. The van der Waals surface area contributed by atoms with Gasteiger partial charge in [0.1, 0.15) is 0 Å². The molecular formula is C21H5F23. The van der Waals surface area contributed by atoms with Crippen LogP contribution in [0.2, 0.25) is 0 Å². The van der Waals surface area contributed by atoms with Crippen LogP contribution >= 0.6 is 0 Å². The Balaban J connectivity index is 2.93. The normalized spacial score (nSPS) is 15.2. The van der Waals surface area contributed by atoms with E-state index >= 15 is 0 Å². The first-order valence-electron chi connectivity index (χ1n) is 10.3. The second-order valence-electron chi connectivity index (χ2n) is 8.46. The van der Waals surface area contributed by atoms with Gasteiger partial charge in [0.25, 0.3) is 0 Å². The van der Waals surface area contributed by atoms with Crippen LogP contribution in [0.1, 0.15) is 5.56 Å². The Bertz CT molecular complexity index is 1390. The highest BCUT2D eigenvalue weighted by Crippen LogP contribution is 2.66. The Kier molecular flexibility index (Phi) is 8.56. The molecule has 0 bridgehead atoms. The summed E-state index contributed by atoms with van der Waals surface area (Å²) in [5.74, 6) is -84.3. The van der Waals surface area contributed by atoms with Crippen molar-refractivity contribution in [1.29, 1.82) is 0 Å². The zero-order chi connectivity index (χ0) is 35.1. The van der Waals surface area contributed by atoms with E-state index in [4.69, 9.17) is 0 Å². The van der Waals surface area contributed by atoms with Gasteiger partial charge in [0.15, 0.2) is 23.3 Å². The summed E-state index contributed by atoms with van der Waals surface area (Å²) in [5, 5.41) is 0. The summed E-state index contributed by atoms with van der Waals surface area (Å²) in [4.78, 5) is 0. The zero-order valence-electron chi connectivity index (χ0n) is 19.6. The average Bonchev–Trinajstić information content (AvgIpc) is 2.88. The maximum Gasteiger partial charge on any atom is 0.460 e. The summed E-state index contributed by atoms with van der Waals surface area (Å²) in [6, 6.07) is 2.51. The highest BCUT2D eigenvalue weighted by atomic mass is 19.4. The van der Waals surface area contributed by atoms with Crippen molar-refractivity contribution >= 4 is 0 Å². The Labute approximate surface area is 226 Å². The van der Waals surface area contributed by atoms with E-state index in [0.29, 0.717) is 12.1 Å². The summed E-state index contributed by atoms with van der Waals surface area (Å²) in [6.07, 6.45) is -8.06. The minimum Gasteiger partial charge on any atom is -0.203 e. The Morgan fingerprint density at radius 1 is 0.341 bits per heavy atom. The van der Waals surface area contributed by atoms with Gasteiger partial charge in [0.05, 0.1) is 5.56 Å². The van der Waals surface area contributed by atoms with E-state index < -0.39 is 93.5 Å². The summed E-state index contributed by atoms with van der Waals surface area (Å²) in [6.45, 7) is 0. The molecule has 2 rings (SSSR count). The highest BCUT2D eigenvalue weighted by Gasteiger charge is 2.96. The fourth-order valence-corrected chi connectivity index (χ4v) is 3.32. The number of rotatable bonds is 9. The molecule has 0 spiro atoms. The fraction of sp³-hybridized carbons (Fsp3) is 0.429. The predicted octanol–water partition coefficient (Wildman–Crippen LogP) is 10.0. The molecule has 0 unspecified atom stereocenters. The minimum absolute atomic E-state index is 0.233. The second kappa shape index (κ2) is 10.2. The van der Waals surface area contributed by atoms with Crippen molar-refractivity contribution in [3.05, 3.63) is 59.2 Å². The van der Waals surface area contributed by atoms with Crippen molar-refractivity contribution in [3.8, 4) is 11.1 Å². The van der Waals surface area contributed by atoms with Crippen molar-refractivity contribution in [2.24, 2.45) is 0 Å². The van der Waals surface area contributed by atoms with Crippen LogP contribution in [0.3, 0.4) is 0 Å². The number of benzene rings is 2. The first-order chi connectivity index (χ1) is 19.2. The van der Waals surface area contributed by atoms with Gasteiger partial charge in [-0.3, -0.25) is 0 Å². The lowest BCUT2D eigenvalue weighted by atomic mass is 9.84. The fourth-order valence-electron chi connectivity index (χ4n) is 3.32. The molecule has 0 nitrogen and oxygen atoms in total. The molecule has 2 aromatic carbocycles. The van der Waals surface area contributed by atoms with Crippen LogP contribution in [-0.2, 0) is 5.92 Å². The van der Waals surface area contributed by atoms with E-state index in [2.05, 4.69) is 0 Å². The second-order valence-corrected chi connectivity index (χ2v) is 8.46. The molecule has 2 aromatic rings. The highest BCUT2D eigenvalue weighted by molar-refractivity contribution is 5.70. The van der Waals surface area contributed by atoms with Gasteiger partial charge >= 0.3 is 53.6 Å². The molecule has 250 valence electrons. The van der Waals surface area contributed by atoms with E-state index in [-0.39, 0.29) is 12.1 Å². The molecule has 0 saturated carbocycles. The van der Waals surface area contributed by atoms with Crippen molar-refractivity contribution in [2.45, 2.75) is 53.6 Å². The molecule has 23 heteroatoms. The SMILES string of the molecule is Fc1c(F)c(F)c(C(F)(F)C(F)(F)C(F)(F)C(F)(F)C(F)(F)C(F)(F)C(F)(F)C(F)(F)C(F)(F)F)c(-c2ccccc2)c1F. The third-order valence-corrected chi connectivity index (χ3v) is 5.76. The number of alkyl halides is 19. The summed E-state index contributed by atoms with van der Waals surface area (Å²) in [5.41, 5.74) is -8.09. The molecule has 0 N–H and O–H groups in total. The van der Waals surface area contributed by atoms with Crippen LogP contribution in [0.25, 0.3) is 11.1 Å². The van der Waals surface area contributed by atoms with Crippen LogP contribution in [0, 0.1) is 23.3 Å². The maximum absolute atomic E-state index is 14.8. The first-order valence-corrected chi connectivity index (χ1v) is 10.3. The van der Waals surface area contributed by atoms with Gasteiger partial charge in [-0.05, 0) is 5.56 Å². The summed E-state index contributed by atoms with van der Waals surface area (Å²) < 4.78 is 315. The van der Waals surface area contributed by atoms with Crippen molar-refractivity contribution < 1.29 is 101 Å². The number of hydrogen-bond donors (Lipinski definition) is 0. The topological polar surface area (TPSA) is 0 Å². The van der Waals surface area contributed by atoms with E-state index in [1.54, 1.807) is 0 Å². The van der Waals surface area contributed by atoms with Crippen LogP contribution in [0.15, 0.2) is 30.3 Å². The molecule has 0 radical (unpaired) electrons. The van der Waals surface area contributed by atoms with Gasteiger partial charge in [-0.2, -0.15) is 83.4 Å². The van der Waals surface area contributed by atoms with Gasteiger partial charge in [-0.25, -0.2) is 17.6 Å². The van der Waals surface area contributed by atoms with Gasteiger partial charge in [0.2, 0.25) is 0 Å². The summed E-state index contributed by atoms with van der Waals surface area (Å²) >= 11 is 0. The Morgan fingerprint density at radius 3 is 1.02 bits per heavy atom. The van der Waals surface area contributed by atoms with Gasteiger partial charge in [-0.1, -0.05) is 30.3 Å². The third-order valence-electron chi connectivity index (χ3n) is 5.76. The molecule has 0 atom stereocenters. The molecular weight excluding hydrogens is 689 g/mol. The van der Waals surface area contributed by atoms with Crippen LogP contribution in [0.4, 0.5) is 101 Å². The lowest BCUT2D eigenvalue weighted by Gasteiger charge is -2.44. The molecule has 0 fully saturated rings. The smallest absolute Gasteiger partial charge is 0.203 e. The number of halogens is 23. The monoisotopic (exact) mass is 694 g/mol. The largest absolute Gasteiger partial charge is 0.460 e. The molecule has 0 aromatic heterocycles. The first kappa shape index (κ1) is 37.0.